The Bertz CT molecular complexity index is 447. The predicted octanol–water partition coefficient (Wildman–Crippen LogP) is 2.22. The lowest BCUT2D eigenvalue weighted by Gasteiger charge is -2.18. The van der Waals surface area contributed by atoms with Gasteiger partial charge in [-0.05, 0) is 19.1 Å². The number of ether oxygens (including phenoxy) is 1. The third-order valence-corrected chi connectivity index (χ3v) is 4.07. The number of aliphatic hydroxyl groups is 1. The molecule has 0 aliphatic rings. The smallest absolute Gasteiger partial charge is 0.381 e. The van der Waals surface area contributed by atoms with E-state index in [9.17, 15) is 9.36 Å². The molecule has 0 saturated carbocycles. The first kappa shape index (κ1) is 16.7. The number of aliphatic hydroxyl groups excluding tert-OH is 1. The highest BCUT2D eigenvalue weighted by molar-refractivity contribution is 7.54. The molecular formula is C13H19O6P. The van der Waals surface area contributed by atoms with E-state index in [2.05, 4.69) is 0 Å². The molecule has 1 rings (SSSR count). The Balaban J connectivity index is 2.54. The van der Waals surface area contributed by atoms with Gasteiger partial charge < -0.3 is 14.4 Å². The van der Waals surface area contributed by atoms with Gasteiger partial charge in [0.25, 0.3) is 0 Å². The second kappa shape index (κ2) is 8.74. The molecule has 7 heteroatoms. The summed E-state index contributed by atoms with van der Waals surface area (Å²) in [6.07, 6.45) is -0.147. The van der Waals surface area contributed by atoms with E-state index >= 15 is 0 Å². The molecule has 0 aliphatic carbocycles. The number of hydrogen-bond acceptors (Lipinski definition) is 6. The summed E-state index contributed by atoms with van der Waals surface area (Å²) in [5.41, 5.74) is 0. The second-order valence-electron chi connectivity index (χ2n) is 3.85. The highest BCUT2D eigenvalue weighted by Gasteiger charge is 2.26. The van der Waals surface area contributed by atoms with Gasteiger partial charge in [-0.2, -0.15) is 0 Å². The number of hydrogen-bond donors (Lipinski definition) is 1. The Labute approximate surface area is 118 Å². The molecule has 112 valence electrons. The molecule has 1 aromatic rings. The summed E-state index contributed by atoms with van der Waals surface area (Å²) in [6.45, 7) is 1.58. The van der Waals surface area contributed by atoms with Crippen LogP contribution in [-0.4, -0.2) is 37.1 Å². The minimum Gasteiger partial charge on any atom is -0.466 e. The predicted molar refractivity (Wildman–Crippen MR) is 73.8 cm³/mol. The van der Waals surface area contributed by atoms with Crippen molar-refractivity contribution in [3.8, 4) is 5.75 Å². The zero-order valence-corrected chi connectivity index (χ0v) is 12.3. The monoisotopic (exact) mass is 302 g/mol. The molecule has 1 aromatic carbocycles. The van der Waals surface area contributed by atoms with Gasteiger partial charge in [0.1, 0.15) is 5.75 Å². The fraction of sp³-hybridized carbons (Fsp3) is 0.462. The SMILES string of the molecule is CCOC(=O)CCOP(=O)(CCO)Oc1ccccc1. The van der Waals surface area contributed by atoms with E-state index in [0.29, 0.717) is 5.75 Å². The van der Waals surface area contributed by atoms with Gasteiger partial charge >= 0.3 is 13.6 Å². The molecule has 0 amide bonds. The average Bonchev–Trinajstić information content (AvgIpc) is 2.40. The maximum atomic E-state index is 12.4. The summed E-state index contributed by atoms with van der Waals surface area (Å²) >= 11 is 0. The second-order valence-corrected chi connectivity index (χ2v) is 5.96. The number of carbonyl (C=O) groups is 1. The Morgan fingerprint density at radius 2 is 2.00 bits per heavy atom. The quantitative estimate of drug-likeness (QED) is 0.556. The van der Waals surface area contributed by atoms with Crippen molar-refractivity contribution in [2.24, 2.45) is 0 Å². The van der Waals surface area contributed by atoms with Crippen molar-refractivity contribution in [3.05, 3.63) is 30.3 Å². The van der Waals surface area contributed by atoms with Gasteiger partial charge in [0.2, 0.25) is 0 Å². The van der Waals surface area contributed by atoms with Crippen molar-refractivity contribution >= 4 is 13.6 Å². The van der Waals surface area contributed by atoms with Gasteiger partial charge in [-0.25, -0.2) is 4.57 Å². The fourth-order valence-corrected chi connectivity index (χ4v) is 2.73. The van der Waals surface area contributed by atoms with E-state index in [1.165, 1.54) is 0 Å². The maximum absolute atomic E-state index is 12.4. The molecular weight excluding hydrogens is 283 g/mol. The molecule has 1 atom stereocenters. The number of carbonyl (C=O) groups excluding carboxylic acids is 1. The van der Waals surface area contributed by atoms with Gasteiger partial charge in [0, 0.05) is 0 Å². The molecule has 0 bridgehead atoms. The van der Waals surface area contributed by atoms with Crippen LogP contribution in [0.4, 0.5) is 0 Å². The first-order chi connectivity index (χ1) is 9.59. The summed E-state index contributed by atoms with van der Waals surface area (Å²) < 4.78 is 27.6. The molecule has 0 saturated heterocycles. The van der Waals surface area contributed by atoms with Crippen LogP contribution in [0.3, 0.4) is 0 Å². The number of benzene rings is 1. The van der Waals surface area contributed by atoms with Crippen LogP contribution in [0.15, 0.2) is 30.3 Å². The van der Waals surface area contributed by atoms with Gasteiger partial charge in [-0.15, -0.1) is 0 Å². The lowest BCUT2D eigenvalue weighted by molar-refractivity contribution is -0.143. The van der Waals surface area contributed by atoms with Crippen LogP contribution in [-0.2, 0) is 18.6 Å². The normalized spacial score (nSPS) is 13.5. The first-order valence-electron chi connectivity index (χ1n) is 6.34. The van der Waals surface area contributed by atoms with Gasteiger partial charge in [0.15, 0.2) is 0 Å². The van der Waals surface area contributed by atoms with Gasteiger partial charge in [-0.1, -0.05) is 18.2 Å². The largest absolute Gasteiger partial charge is 0.466 e. The van der Waals surface area contributed by atoms with Crippen LogP contribution in [0, 0.1) is 0 Å². The van der Waals surface area contributed by atoms with Crippen LogP contribution in [0.25, 0.3) is 0 Å². The minimum absolute atomic E-state index is 0.0125. The van der Waals surface area contributed by atoms with Crippen molar-refractivity contribution < 1.29 is 28.3 Å². The Kier molecular flexibility index (Phi) is 7.30. The summed E-state index contributed by atoms with van der Waals surface area (Å²) in [7, 11) is -3.47. The lowest BCUT2D eigenvalue weighted by Crippen LogP contribution is -2.11. The van der Waals surface area contributed by atoms with Crippen molar-refractivity contribution in [1.82, 2.24) is 0 Å². The van der Waals surface area contributed by atoms with E-state index in [0.717, 1.165) is 0 Å². The summed E-state index contributed by atoms with van der Waals surface area (Å²) in [5, 5.41) is 8.95. The molecule has 0 heterocycles. The highest BCUT2D eigenvalue weighted by atomic mass is 31.2. The molecule has 0 fully saturated rings. The topological polar surface area (TPSA) is 82.1 Å². The summed E-state index contributed by atoms with van der Waals surface area (Å²) in [5.74, 6) is -0.0387. The van der Waals surface area contributed by atoms with Gasteiger partial charge in [-0.3, -0.25) is 9.32 Å². The molecule has 0 aromatic heterocycles. The standard InChI is InChI=1S/C13H19O6P/c1-2-17-13(15)8-10-18-20(16,11-9-14)19-12-6-4-3-5-7-12/h3-7,14H,2,8-11H2,1H3. The van der Waals surface area contributed by atoms with E-state index in [4.69, 9.17) is 18.9 Å². The number of esters is 1. The zero-order chi connectivity index (χ0) is 14.8. The maximum Gasteiger partial charge on any atom is 0.381 e. The molecule has 0 radical (unpaired) electrons. The molecule has 0 spiro atoms. The third-order valence-electron chi connectivity index (χ3n) is 2.26. The molecule has 0 aliphatic heterocycles. The van der Waals surface area contributed by atoms with Crippen LogP contribution in [0.5, 0.6) is 5.75 Å². The molecule has 1 unspecified atom stereocenters. The third kappa shape index (κ3) is 6.19. The molecule has 6 nitrogen and oxygen atoms in total. The van der Waals surface area contributed by atoms with E-state index < -0.39 is 13.6 Å². The lowest BCUT2D eigenvalue weighted by atomic mass is 10.3. The van der Waals surface area contributed by atoms with Crippen LogP contribution < -0.4 is 4.52 Å². The van der Waals surface area contributed by atoms with Crippen LogP contribution in [0.1, 0.15) is 13.3 Å². The fourth-order valence-electron chi connectivity index (χ4n) is 1.40. The van der Waals surface area contributed by atoms with Crippen molar-refractivity contribution in [3.63, 3.8) is 0 Å². The summed E-state index contributed by atoms with van der Waals surface area (Å²) in [4.78, 5) is 11.2. The highest BCUT2D eigenvalue weighted by Crippen LogP contribution is 2.47. The van der Waals surface area contributed by atoms with E-state index in [1.807, 2.05) is 0 Å². The van der Waals surface area contributed by atoms with E-state index in [-0.39, 0.29) is 32.4 Å². The average molecular weight is 302 g/mol. The Hall–Kier alpha value is -1.36. The molecule has 20 heavy (non-hydrogen) atoms. The van der Waals surface area contributed by atoms with Crippen LogP contribution >= 0.6 is 7.60 Å². The van der Waals surface area contributed by atoms with Gasteiger partial charge in [0.05, 0.1) is 32.4 Å². The van der Waals surface area contributed by atoms with E-state index in [1.54, 1.807) is 37.3 Å². The summed E-state index contributed by atoms with van der Waals surface area (Å²) in [6, 6.07) is 8.54. The Morgan fingerprint density at radius 3 is 2.60 bits per heavy atom. The van der Waals surface area contributed by atoms with Crippen molar-refractivity contribution in [2.75, 3.05) is 26.0 Å². The van der Waals surface area contributed by atoms with Crippen molar-refractivity contribution in [1.29, 1.82) is 0 Å². The van der Waals surface area contributed by atoms with Crippen LogP contribution in [0.2, 0.25) is 0 Å². The number of rotatable bonds is 9. The zero-order valence-electron chi connectivity index (χ0n) is 11.4. The number of para-hydroxylation sites is 1. The minimum atomic E-state index is -3.47. The van der Waals surface area contributed by atoms with Crippen molar-refractivity contribution in [2.45, 2.75) is 13.3 Å². The first-order valence-corrected chi connectivity index (χ1v) is 8.07. The Morgan fingerprint density at radius 1 is 1.30 bits per heavy atom. The molecule has 1 N–H and O–H groups in total.